The summed E-state index contributed by atoms with van der Waals surface area (Å²) in [6.07, 6.45) is 0.778. The van der Waals surface area contributed by atoms with Gasteiger partial charge in [-0.3, -0.25) is 4.90 Å². The van der Waals surface area contributed by atoms with Crippen molar-refractivity contribution in [1.82, 2.24) is 18.8 Å². The maximum atomic E-state index is 12.8. The molecule has 1 aliphatic rings. The van der Waals surface area contributed by atoms with E-state index in [0.717, 1.165) is 24.2 Å². The lowest BCUT2D eigenvalue weighted by atomic mass is 10.2. The molecule has 0 saturated carbocycles. The fraction of sp³-hybridized carbons (Fsp3) is 0.467. The smallest absolute Gasteiger partial charge is 0.243 e. The van der Waals surface area contributed by atoms with E-state index in [-0.39, 0.29) is 0 Å². The molecule has 0 N–H and O–H groups in total. The van der Waals surface area contributed by atoms with Crippen LogP contribution in [0, 0.1) is 6.92 Å². The lowest BCUT2D eigenvalue weighted by Gasteiger charge is -2.21. The third-order valence-corrected chi connectivity index (χ3v) is 6.99. The first-order valence-corrected chi connectivity index (χ1v) is 10.3. The summed E-state index contributed by atoms with van der Waals surface area (Å²) in [5, 5.41) is 4.03. The van der Waals surface area contributed by atoms with Gasteiger partial charge in [0, 0.05) is 37.7 Å². The Morgan fingerprint density at radius 1 is 1.17 bits per heavy atom. The fourth-order valence-corrected chi connectivity index (χ4v) is 4.79. The third kappa shape index (κ3) is 3.94. The number of nitrogens with zero attached hydrogens (tertiary/aromatic N) is 4. The first-order chi connectivity index (χ1) is 11.5. The molecule has 9 heteroatoms. The number of hydrogen-bond donors (Lipinski definition) is 0. The summed E-state index contributed by atoms with van der Waals surface area (Å²) in [4.78, 5) is 2.53. The highest BCUT2D eigenvalue weighted by Gasteiger charge is 2.27. The molecule has 0 amide bonds. The average molecular weight is 387 g/mol. The van der Waals surface area contributed by atoms with Crippen molar-refractivity contribution in [3.8, 4) is 0 Å². The Kier molecular flexibility index (Phi) is 5.51. The summed E-state index contributed by atoms with van der Waals surface area (Å²) in [6, 6.07) is 7.00. The van der Waals surface area contributed by atoms with Crippen molar-refractivity contribution < 1.29 is 8.42 Å². The molecule has 2 aromatic rings. The van der Waals surface area contributed by atoms with E-state index in [2.05, 4.69) is 14.5 Å². The molecule has 24 heavy (non-hydrogen) atoms. The number of hydrogen-bond acceptors (Lipinski definition) is 6. The van der Waals surface area contributed by atoms with Crippen LogP contribution in [0.25, 0.3) is 0 Å². The van der Waals surface area contributed by atoms with Crippen LogP contribution >= 0.6 is 23.1 Å². The van der Waals surface area contributed by atoms with Crippen molar-refractivity contribution in [2.24, 2.45) is 0 Å². The van der Waals surface area contributed by atoms with Crippen molar-refractivity contribution in [3.05, 3.63) is 39.9 Å². The first kappa shape index (κ1) is 17.8. The Labute approximate surface area is 151 Å². The quantitative estimate of drug-likeness (QED) is 0.807. The average Bonchev–Trinajstić information content (AvgIpc) is 2.81. The molecule has 1 saturated heterocycles. The van der Waals surface area contributed by atoms with Crippen LogP contribution in [0.4, 0.5) is 0 Å². The zero-order chi connectivity index (χ0) is 17.2. The minimum atomic E-state index is -3.44. The summed E-state index contributed by atoms with van der Waals surface area (Å²) in [5.41, 5.74) is 1.81. The lowest BCUT2D eigenvalue weighted by molar-refractivity contribution is 0.275. The van der Waals surface area contributed by atoms with Crippen LogP contribution in [-0.4, -0.2) is 53.4 Å². The second-order valence-corrected chi connectivity index (χ2v) is 9.13. The second kappa shape index (κ2) is 7.45. The van der Waals surface area contributed by atoms with E-state index in [1.165, 1.54) is 11.5 Å². The van der Waals surface area contributed by atoms with E-state index >= 15 is 0 Å². The van der Waals surface area contributed by atoms with Gasteiger partial charge in [-0.2, -0.15) is 4.31 Å². The molecule has 0 unspecified atom stereocenters. The predicted molar refractivity (Wildman–Crippen MR) is 94.8 cm³/mol. The van der Waals surface area contributed by atoms with Crippen LogP contribution in [0.5, 0.6) is 0 Å². The van der Waals surface area contributed by atoms with Crippen LogP contribution in [0.3, 0.4) is 0 Å². The molecule has 2 heterocycles. The van der Waals surface area contributed by atoms with Crippen molar-refractivity contribution in [2.75, 3.05) is 26.2 Å². The molecule has 130 valence electrons. The molecule has 0 aliphatic carbocycles. The van der Waals surface area contributed by atoms with Crippen molar-refractivity contribution in [1.29, 1.82) is 0 Å². The van der Waals surface area contributed by atoms with Gasteiger partial charge in [-0.05, 0) is 32.0 Å². The van der Waals surface area contributed by atoms with Gasteiger partial charge in [0.1, 0.15) is 10.0 Å². The molecule has 6 nitrogen and oxygen atoms in total. The molecule has 1 fully saturated rings. The molecule has 3 rings (SSSR count). The van der Waals surface area contributed by atoms with Crippen LogP contribution in [0.15, 0.2) is 29.2 Å². The highest BCUT2D eigenvalue weighted by Crippen LogP contribution is 2.21. The number of aryl methyl sites for hydroxylation is 1. The van der Waals surface area contributed by atoms with E-state index in [1.54, 1.807) is 16.4 Å². The first-order valence-electron chi connectivity index (χ1n) is 7.73. The van der Waals surface area contributed by atoms with Crippen molar-refractivity contribution in [2.45, 2.75) is 24.8 Å². The summed E-state index contributed by atoms with van der Waals surface area (Å²) in [6.45, 7) is 5.00. The molecule has 1 aliphatic heterocycles. The Hall–Kier alpha value is -1.06. The summed E-state index contributed by atoms with van der Waals surface area (Å²) in [7, 11) is -3.44. The molecule has 0 spiro atoms. The number of halogens is 1. The monoisotopic (exact) mass is 386 g/mol. The number of benzene rings is 1. The third-order valence-electron chi connectivity index (χ3n) is 4.09. The molecule has 0 bridgehead atoms. The van der Waals surface area contributed by atoms with Crippen molar-refractivity contribution >= 4 is 33.2 Å². The second-order valence-electron chi connectivity index (χ2n) is 5.84. The molecular formula is C15H19ClN4O2S2. The minimum absolute atomic E-state index is 0.355. The van der Waals surface area contributed by atoms with Gasteiger partial charge in [-0.25, -0.2) is 8.42 Å². The SMILES string of the molecule is Cc1ccc(S(=O)(=O)N2CCCN(Cc3nnsc3Cl)CC2)cc1. The van der Waals surface area contributed by atoms with Crippen LogP contribution in [0.2, 0.25) is 4.34 Å². The number of aromatic nitrogens is 2. The van der Waals surface area contributed by atoms with E-state index in [1.807, 2.05) is 19.1 Å². The van der Waals surface area contributed by atoms with Gasteiger partial charge in [0.25, 0.3) is 0 Å². The van der Waals surface area contributed by atoms with E-state index in [4.69, 9.17) is 11.6 Å². The van der Waals surface area contributed by atoms with E-state index in [0.29, 0.717) is 35.4 Å². The topological polar surface area (TPSA) is 66.4 Å². The maximum Gasteiger partial charge on any atom is 0.243 e. The molecular weight excluding hydrogens is 368 g/mol. The Balaban J connectivity index is 1.68. The van der Waals surface area contributed by atoms with Gasteiger partial charge in [0.2, 0.25) is 10.0 Å². The lowest BCUT2D eigenvalue weighted by Crippen LogP contribution is -2.35. The van der Waals surface area contributed by atoms with Crippen LogP contribution in [-0.2, 0) is 16.6 Å². The molecule has 0 atom stereocenters. The summed E-state index contributed by atoms with van der Waals surface area (Å²) >= 11 is 7.23. The zero-order valence-electron chi connectivity index (χ0n) is 13.4. The number of sulfonamides is 1. The highest BCUT2D eigenvalue weighted by molar-refractivity contribution is 7.89. The van der Waals surface area contributed by atoms with Gasteiger partial charge < -0.3 is 0 Å². The molecule has 1 aromatic carbocycles. The Morgan fingerprint density at radius 3 is 2.58 bits per heavy atom. The van der Waals surface area contributed by atoms with Gasteiger partial charge in [-0.15, -0.1) is 5.10 Å². The Bertz CT molecular complexity index is 792. The standard InChI is InChI=1S/C15H19ClN4O2S2/c1-12-3-5-13(6-4-12)24(21,22)20-8-2-7-19(9-10-20)11-14-15(16)23-18-17-14/h3-6H,2,7-11H2,1H3. The number of rotatable bonds is 4. The predicted octanol–water partition coefficient (Wildman–Crippen LogP) is 2.40. The zero-order valence-corrected chi connectivity index (χ0v) is 15.7. The largest absolute Gasteiger partial charge is 0.296 e. The van der Waals surface area contributed by atoms with Gasteiger partial charge in [0.05, 0.1) is 4.90 Å². The summed E-state index contributed by atoms with van der Waals surface area (Å²) in [5.74, 6) is 0. The minimum Gasteiger partial charge on any atom is -0.296 e. The maximum absolute atomic E-state index is 12.8. The Morgan fingerprint density at radius 2 is 1.92 bits per heavy atom. The van der Waals surface area contributed by atoms with Gasteiger partial charge in [-0.1, -0.05) is 33.8 Å². The summed E-state index contributed by atoms with van der Waals surface area (Å²) < 4.78 is 31.6. The van der Waals surface area contributed by atoms with Gasteiger partial charge >= 0.3 is 0 Å². The molecule has 0 radical (unpaired) electrons. The van der Waals surface area contributed by atoms with E-state index in [9.17, 15) is 8.42 Å². The van der Waals surface area contributed by atoms with Gasteiger partial charge in [0.15, 0.2) is 0 Å². The highest BCUT2D eigenvalue weighted by atomic mass is 35.5. The van der Waals surface area contributed by atoms with Crippen LogP contribution in [0.1, 0.15) is 17.7 Å². The normalized spacial score (nSPS) is 17.8. The van der Waals surface area contributed by atoms with Crippen LogP contribution < -0.4 is 0 Å². The fourth-order valence-electron chi connectivity index (χ4n) is 2.71. The molecule has 1 aromatic heterocycles. The van der Waals surface area contributed by atoms with E-state index < -0.39 is 10.0 Å². The van der Waals surface area contributed by atoms with Crippen molar-refractivity contribution in [3.63, 3.8) is 0 Å².